The van der Waals surface area contributed by atoms with Crippen molar-refractivity contribution in [2.75, 3.05) is 0 Å². The number of carbonyl (C=O) groups excluding carboxylic acids is 1. The summed E-state index contributed by atoms with van der Waals surface area (Å²) in [5.74, 6) is -1.47. The molecule has 174 valence electrons. The van der Waals surface area contributed by atoms with E-state index in [0.717, 1.165) is 5.57 Å². The number of aromatic amines is 1. The minimum absolute atomic E-state index is 0.0415. The first kappa shape index (κ1) is 25.7. The molecule has 0 saturated carbocycles. The lowest BCUT2D eigenvalue weighted by atomic mass is 10.0. The molecule has 33 heavy (non-hydrogen) atoms. The molecule has 0 bridgehead atoms. The van der Waals surface area contributed by atoms with Crippen LogP contribution < -0.4 is 5.56 Å². The number of nitrogens with zero attached hydrogens (tertiary/aromatic N) is 1. The Bertz CT molecular complexity index is 1290. The number of rotatable bonds is 6. The SMILES string of the molecule is C=C(F)/C(=C\C(C)=C/C)Cn1c(C(C)=O)c(-c2ccc[nH]c2=O)c2ccc(F)cc21.CCC. The Morgan fingerprint density at radius 1 is 1.21 bits per heavy atom. The monoisotopic (exact) mass is 452 g/mol. The Morgan fingerprint density at radius 2 is 1.88 bits per heavy atom. The van der Waals surface area contributed by atoms with Gasteiger partial charge in [-0.2, -0.15) is 0 Å². The summed E-state index contributed by atoms with van der Waals surface area (Å²) in [7, 11) is 0. The molecule has 0 fully saturated rings. The molecule has 3 rings (SSSR count). The Hall–Kier alpha value is -3.54. The van der Waals surface area contributed by atoms with Gasteiger partial charge in [-0.3, -0.25) is 9.59 Å². The maximum atomic E-state index is 14.2. The Kier molecular flexibility index (Phi) is 8.85. The molecule has 0 aliphatic carbocycles. The topological polar surface area (TPSA) is 54.9 Å². The zero-order valence-electron chi connectivity index (χ0n) is 19.8. The van der Waals surface area contributed by atoms with Gasteiger partial charge < -0.3 is 9.55 Å². The van der Waals surface area contributed by atoms with Gasteiger partial charge in [-0.1, -0.05) is 44.6 Å². The van der Waals surface area contributed by atoms with E-state index in [2.05, 4.69) is 25.4 Å². The lowest BCUT2D eigenvalue weighted by Gasteiger charge is -2.12. The van der Waals surface area contributed by atoms with Crippen molar-refractivity contribution in [1.82, 2.24) is 9.55 Å². The lowest BCUT2D eigenvalue weighted by molar-refractivity contribution is 0.101. The molecule has 0 spiro atoms. The summed E-state index contributed by atoms with van der Waals surface area (Å²) in [5.41, 5.74) is 1.97. The maximum Gasteiger partial charge on any atom is 0.255 e. The highest BCUT2D eigenvalue weighted by Crippen LogP contribution is 2.35. The predicted octanol–water partition coefficient (Wildman–Crippen LogP) is 7.13. The van der Waals surface area contributed by atoms with E-state index < -0.39 is 11.6 Å². The summed E-state index contributed by atoms with van der Waals surface area (Å²) in [6.07, 6.45) is 6.19. The molecule has 2 heterocycles. The van der Waals surface area contributed by atoms with E-state index in [1.807, 2.05) is 19.9 Å². The molecule has 0 radical (unpaired) electrons. The normalized spacial score (nSPS) is 11.8. The highest BCUT2D eigenvalue weighted by atomic mass is 19.1. The number of hydrogen-bond donors (Lipinski definition) is 1. The number of halogens is 2. The first-order chi connectivity index (χ1) is 15.7. The zero-order valence-corrected chi connectivity index (χ0v) is 19.8. The van der Waals surface area contributed by atoms with Gasteiger partial charge in [0.25, 0.3) is 5.56 Å². The number of ketones is 1. The number of pyridine rings is 1. The van der Waals surface area contributed by atoms with Gasteiger partial charge in [0.05, 0.1) is 17.8 Å². The molecular formula is C27H30F2N2O2. The third-order valence-corrected chi connectivity index (χ3v) is 4.98. The van der Waals surface area contributed by atoms with Crippen LogP contribution in [0.5, 0.6) is 0 Å². The molecule has 1 N–H and O–H groups in total. The highest BCUT2D eigenvalue weighted by Gasteiger charge is 2.24. The second-order valence-corrected chi connectivity index (χ2v) is 7.75. The van der Waals surface area contributed by atoms with E-state index in [9.17, 15) is 18.4 Å². The van der Waals surface area contributed by atoms with Crippen LogP contribution in [0, 0.1) is 5.82 Å². The van der Waals surface area contributed by atoms with Gasteiger partial charge >= 0.3 is 0 Å². The van der Waals surface area contributed by atoms with Crippen LogP contribution in [-0.2, 0) is 6.54 Å². The van der Waals surface area contributed by atoms with Gasteiger partial charge in [-0.15, -0.1) is 0 Å². The highest BCUT2D eigenvalue weighted by molar-refractivity contribution is 6.10. The van der Waals surface area contributed by atoms with Crippen LogP contribution in [0.15, 0.2) is 77.0 Å². The van der Waals surface area contributed by atoms with Gasteiger partial charge in [-0.05, 0) is 44.2 Å². The Labute approximate surface area is 193 Å². The summed E-state index contributed by atoms with van der Waals surface area (Å²) < 4.78 is 29.9. The van der Waals surface area contributed by atoms with Crippen LogP contribution in [0.4, 0.5) is 8.78 Å². The number of allylic oxidation sites excluding steroid dienone is 5. The first-order valence-corrected chi connectivity index (χ1v) is 10.8. The average Bonchev–Trinajstić information content (AvgIpc) is 3.07. The van der Waals surface area contributed by atoms with Gasteiger partial charge in [0.1, 0.15) is 11.6 Å². The minimum atomic E-state index is -0.650. The van der Waals surface area contributed by atoms with Crippen LogP contribution in [0.3, 0.4) is 0 Å². The second-order valence-electron chi connectivity index (χ2n) is 7.75. The largest absolute Gasteiger partial charge is 0.333 e. The number of aromatic nitrogens is 2. The van der Waals surface area contributed by atoms with Crippen molar-refractivity contribution in [3.05, 3.63) is 94.1 Å². The van der Waals surface area contributed by atoms with E-state index in [4.69, 9.17) is 0 Å². The van der Waals surface area contributed by atoms with Crippen LogP contribution >= 0.6 is 0 Å². The smallest absolute Gasteiger partial charge is 0.255 e. The van der Waals surface area contributed by atoms with Crippen LogP contribution in [0.25, 0.3) is 22.0 Å². The summed E-state index contributed by atoms with van der Waals surface area (Å²) in [6, 6.07) is 7.33. The number of hydrogen-bond acceptors (Lipinski definition) is 2. The minimum Gasteiger partial charge on any atom is -0.333 e. The summed E-state index contributed by atoms with van der Waals surface area (Å²) in [4.78, 5) is 27.8. The van der Waals surface area contributed by atoms with E-state index in [0.29, 0.717) is 16.5 Å². The molecule has 0 unspecified atom stereocenters. The summed E-state index contributed by atoms with van der Waals surface area (Å²) in [5, 5.41) is 0.532. The van der Waals surface area contributed by atoms with E-state index in [-0.39, 0.29) is 34.7 Å². The molecule has 0 aliphatic rings. The number of Topliss-reactive ketones (excluding diaryl/α,β-unsaturated/α-hetero) is 1. The molecule has 1 aromatic carbocycles. The number of H-pyrrole nitrogens is 1. The van der Waals surface area contributed by atoms with Crippen molar-refractivity contribution in [2.24, 2.45) is 0 Å². The Balaban J connectivity index is 0.00000122. The van der Waals surface area contributed by atoms with Crippen molar-refractivity contribution >= 4 is 16.7 Å². The first-order valence-electron chi connectivity index (χ1n) is 10.8. The van der Waals surface area contributed by atoms with Gasteiger partial charge in [0.2, 0.25) is 0 Å². The molecule has 0 amide bonds. The fourth-order valence-electron chi connectivity index (χ4n) is 3.48. The number of carbonyl (C=O) groups is 1. The van der Waals surface area contributed by atoms with Crippen LogP contribution in [0.1, 0.15) is 51.5 Å². The van der Waals surface area contributed by atoms with Gasteiger partial charge in [0.15, 0.2) is 5.78 Å². The molecular weight excluding hydrogens is 422 g/mol. The summed E-state index contributed by atoms with van der Waals surface area (Å²) in [6.45, 7) is 12.6. The van der Waals surface area contributed by atoms with E-state index >= 15 is 0 Å². The van der Waals surface area contributed by atoms with E-state index in [1.54, 1.807) is 22.8 Å². The third kappa shape index (κ3) is 5.83. The summed E-state index contributed by atoms with van der Waals surface area (Å²) >= 11 is 0. The van der Waals surface area contributed by atoms with E-state index in [1.165, 1.54) is 37.7 Å². The van der Waals surface area contributed by atoms with Crippen LogP contribution in [-0.4, -0.2) is 15.3 Å². The maximum absolute atomic E-state index is 14.2. The Morgan fingerprint density at radius 3 is 2.42 bits per heavy atom. The van der Waals surface area contributed by atoms with Gasteiger partial charge in [0, 0.05) is 35.2 Å². The molecule has 6 heteroatoms. The van der Waals surface area contributed by atoms with Crippen molar-refractivity contribution in [3.63, 3.8) is 0 Å². The number of fused-ring (bicyclic) bond motifs is 1. The van der Waals surface area contributed by atoms with Crippen molar-refractivity contribution < 1.29 is 13.6 Å². The number of benzene rings is 1. The predicted molar refractivity (Wildman–Crippen MR) is 132 cm³/mol. The molecule has 4 nitrogen and oxygen atoms in total. The average molecular weight is 453 g/mol. The third-order valence-electron chi connectivity index (χ3n) is 4.98. The molecule has 2 aromatic heterocycles. The quantitative estimate of drug-likeness (QED) is 0.319. The van der Waals surface area contributed by atoms with Crippen molar-refractivity contribution in [1.29, 1.82) is 0 Å². The number of nitrogens with one attached hydrogen (secondary N) is 1. The molecule has 0 saturated heterocycles. The molecule has 0 atom stereocenters. The fraction of sp³-hybridized carbons (Fsp3) is 0.259. The van der Waals surface area contributed by atoms with Crippen molar-refractivity contribution in [3.8, 4) is 11.1 Å². The van der Waals surface area contributed by atoms with Crippen molar-refractivity contribution in [2.45, 2.75) is 47.6 Å². The fourth-order valence-corrected chi connectivity index (χ4v) is 3.48. The second kappa shape index (κ2) is 11.4. The zero-order chi connectivity index (χ0) is 24.7. The van der Waals surface area contributed by atoms with Gasteiger partial charge in [-0.25, -0.2) is 8.78 Å². The molecule has 3 aromatic rings. The standard InChI is InChI=1S/C24H22F2N2O2.C3H8/c1-5-14(2)11-17(15(3)25)13-28-21-12-18(26)8-9-19(21)22(23(28)16(4)29)20-7-6-10-27-24(20)30;1-3-2/h5-12H,3,13H2,1-2,4H3,(H,27,30);3H2,1-2H3/b14-5-,17-11-;. The lowest BCUT2D eigenvalue weighted by Crippen LogP contribution is -2.13. The molecule has 0 aliphatic heterocycles. The van der Waals surface area contributed by atoms with Crippen LogP contribution in [0.2, 0.25) is 0 Å².